The van der Waals surface area contributed by atoms with E-state index in [4.69, 9.17) is 0 Å². The zero-order chi connectivity index (χ0) is 15.0. The Hall–Kier alpha value is -1.73. The topological polar surface area (TPSA) is 70.3 Å². The molecule has 3 rings (SSSR count). The molecule has 0 bridgehead atoms. The Kier molecular flexibility index (Phi) is 3.77. The van der Waals surface area contributed by atoms with E-state index in [1.807, 2.05) is 20.2 Å². The third-order valence-electron chi connectivity index (χ3n) is 4.07. The maximum absolute atomic E-state index is 9.56. The van der Waals surface area contributed by atoms with Crippen LogP contribution in [0.25, 0.3) is 11.0 Å². The fourth-order valence-electron chi connectivity index (χ4n) is 3.00. The van der Waals surface area contributed by atoms with Gasteiger partial charge in [-0.15, -0.1) is 0 Å². The summed E-state index contributed by atoms with van der Waals surface area (Å²) in [6, 6.07) is 0.384. The van der Waals surface area contributed by atoms with Crippen molar-refractivity contribution < 1.29 is 5.11 Å². The predicted octanol–water partition coefficient (Wildman–Crippen LogP) is 0.255. The van der Waals surface area contributed by atoms with Gasteiger partial charge in [0.15, 0.2) is 5.65 Å². The zero-order valence-corrected chi connectivity index (χ0v) is 12.8. The number of piperazine rings is 1. The van der Waals surface area contributed by atoms with Crippen LogP contribution in [0.4, 0.5) is 5.82 Å². The molecule has 0 amide bonds. The van der Waals surface area contributed by atoms with Crippen LogP contribution in [0.5, 0.6) is 0 Å². The van der Waals surface area contributed by atoms with Gasteiger partial charge in [-0.2, -0.15) is 5.10 Å². The van der Waals surface area contributed by atoms with Gasteiger partial charge in [-0.25, -0.2) is 9.97 Å². The molecule has 0 saturated carbocycles. The number of aryl methyl sites for hydroxylation is 1. The van der Waals surface area contributed by atoms with Crippen LogP contribution in [0.2, 0.25) is 0 Å². The van der Waals surface area contributed by atoms with E-state index in [9.17, 15) is 5.11 Å². The first-order valence-corrected chi connectivity index (χ1v) is 7.36. The fraction of sp³-hybridized carbons (Fsp3) is 0.643. The van der Waals surface area contributed by atoms with Gasteiger partial charge in [0.1, 0.15) is 12.1 Å². The standard InChI is InChI=1S/C14H22N6O/c1-10-7-20(5-4-19(10)8-11(2)21)14-12-6-17-18(3)13(12)15-9-16-14/h6,9-11,21H,4-5,7-8H2,1-3H3/t10-,11+/m0/s1. The summed E-state index contributed by atoms with van der Waals surface area (Å²) in [4.78, 5) is 13.4. The van der Waals surface area contributed by atoms with Gasteiger partial charge in [-0.1, -0.05) is 0 Å². The summed E-state index contributed by atoms with van der Waals surface area (Å²) in [6.45, 7) is 7.48. The van der Waals surface area contributed by atoms with Crippen molar-refractivity contribution in [2.75, 3.05) is 31.1 Å². The Morgan fingerprint density at radius 1 is 1.38 bits per heavy atom. The average molecular weight is 290 g/mol. The number of hydrogen-bond acceptors (Lipinski definition) is 6. The molecule has 114 valence electrons. The van der Waals surface area contributed by atoms with Gasteiger partial charge in [0.25, 0.3) is 0 Å². The van der Waals surface area contributed by atoms with Crippen LogP contribution in [-0.4, -0.2) is 68.1 Å². The summed E-state index contributed by atoms with van der Waals surface area (Å²) in [7, 11) is 1.89. The Bertz CT molecular complexity index is 625. The van der Waals surface area contributed by atoms with Gasteiger partial charge in [0.05, 0.1) is 17.7 Å². The van der Waals surface area contributed by atoms with E-state index >= 15 is 0 Å². The molecule has 3 heterocycles. The van der Waals surface area contributed by atoms with Crippen molar-refractivity contribution in [3.05, 3.63) is 12.5 Å². The summed E-state index contributed by atoms with van der Waals surface area (Å²) < 4.78 is 1.77. The number of fused-ring (bicyclic) bond motifs is 1. The van der Waals surface area contributed by atoms with Crippen LogP contribution in [0, 0.1) is 0 Å². The van der Waals surface area contributed by atoms with Gasteiger partial charge in [-0.05, 0) is 13.8 Å². The van der Waals surface area contributed by atoms with E-state index in [-0.39, 0.29) is 6.10 Å². The Balaban J connectivity index is 1.82. The molecule has 0 spiro atoms. The molecule has 2 aromatic rings. The van der Waals surface area contributed by atoms with Gasteiger partial charge in [0.2, 0.25) is 0 Å². The van der Waals surface area contributed by atoms with E-state index in [1.165, 1.54) is 0 Å². The number of rotatable bonds is 3. The molecule has 1 fully saturated rings. The molecule has 1 aliphatic heterocycles. The highest BCUT2D eigenvalue weighted by atomic mass is 16.3. The minimum atomic E-state index is -0.289. The molecule has 1 aliphatic rings. The highest BCUT2D eigenvalue weighted by Crippen LogP contribution is 2.24. The van der Waals surface area contributed by atoms with Crippen LogP contribution >= 0.6 is 0 Å². The Morgan fingerprint density at radius 2 is 2.19 bits per heavy atom. The number of aliphatic hydroxyl groups excluding tert-OH is 1. The number of β-amino-alcohol motifs (C(OH)–C–C–N with tert-alkyl or cyclic N) is 1. The summed E-state index contributed by atoms with van der Waals surface area (Å²) >= 11 is 0. The highest BCUT2D eigenvalue weighted by Gasteiger charge is 2.26. The van der Waals surface area contributed by atoms with E-state index < -0.39 is 0 Å². The third kappa shape index (κ3) is 2.71. The summed E-state index contributed by atoms with van der Waals surface area (Å²) in [6.07, 6.45) is 3.15. The van der Waals surface area contributed by atoms with E-state index in [0.717, 1.165) is 43.0 Å². The number of aliphatic hydroxyl groups is 1. The lowest BCUT2D eigenvalue weighted by molar-refractivity contribution is 0.0959. The van der Waals surface area contributed by atoms with Crippen LogP contribution in [0.3, 0.4) is 0 Å². The van der Waals surface area contributed by atoms with Crippen molar-refractivity contribution in [1.29, 1.82) is 0 Å². The molecule has 7 nitrogen and oxygen atoms in total. The minimum Gasteiger partial charge on any atom is -0.392 e. The molecule has 21 heavy (non-hydrogen) atoms. The number of nitrogens with zero attached hydrogens (tertiary/aromatic N) is 6. The molecule has 0 unspecified atom stereocenters. The molecule has 1 saturated heterocycles. The van der Waals surface area contributed by atoms with Crippen LogP contribution in [0.15, 0.2) is 12.5 Å². The Labute approximate surface area is 124 Å². The maximum Gasteiger partial charge on any atom is 0.163 e. The monoisotopic (exact) mass is 290 g/mol. The second kappa shape index (κ2) is 5.57. The van der Waals surface area contributed by atoms with Crippen LogP contribution in [-0.2, 0) is 7.05 Å². The number of aromatic nitrogens is 4. The summed E-state index contributed by atoms with van der Waals surface area (Å²) in [5.74, 6) is 0.955. The second-order valence-electron chi connectivity index (χ2n) is 5.84. The van der Waals surface area contributed by atoms with Gasteiger partial charge in [0, 0.05) is 39.3 Å². The van der Waals surface area contributed by atoms with E-state index in [2.05, 4.69) is 31.8 Å². The second-order valence-corrected chi connectivity index (χ2v) is 5.84. The van der Waals surface area contributed by atoms with Crippen molar-refractivity contribution in [3.63, 3.8) is 0 Å². The van der Waals surface area contributed by atoms with Crippen LogP contribution in [0.1, 0.15) is 13.8 Å². The van der Waals surface area contributed by atoms with Crippen molar-refractivity contribution in [1.82, 2.24) is 24.6 Å². The van der Waals surface area contributed by atoms with E-state index in [0.29, 0.717) is 6.04 Å². The lowest BCUT2D eigenvalue weighted by atomic mass is 10.1. The maximum atomic E-state index is 9.56. The molecular weight excluding hydrogens is 268 g/mol. The van der Waals surface area contributed by atoms with Crippen molar-refractivity contribution >= 4 is 16.9 Å². The minimum absolute atomic E-state index is 0.289. The summed E-state index contributed by atoms with van der Waals surface area (Å²) in [5.41, 5.74) is 0.860. The lowest BCUT2D eigenvalue weighted by Crippen LogP contribution is -2.53. The zero-order valence-electron chi connectivity index (χ0n) is 12.8. The average Bonchev–Trinajstić information content (AvgIpc) is 2.83. The smallest absolute Gasteiger partial charge is 0.163 e. The molecule has 0 radical (unpaired) electrons. The van der Waals surface area contributed by atoms with Crippen LogP contribution < -0.4 is 4.90 Å². The molecule has 0 aromatic carbocycles. The molecule has 2 aromatic heterocycles. The van der Waals surface area contributed by atoms with Crippen molar-refractivity contribution in [3.8, 4) is 0 Å². The molecule has 1 N–H and O–H groups in total. The number of anilines is 1. The van der Waals surface area contributed by atoms with E-state index in [1.54, 1.807) is 11.0 Å². The molecule has 2 atom stereocenters. The first-order valence-electron chi connectivity index (χ1n) is 7.36. The Morgan fingerprint density at radius 3 is 2.90 bits per heavy atom. The number of hydrogen-bond donors (Lipinski definition) is 1. The van der Waals surface area contributed by atoms with Gasteiger partial charge < -0.3 is 10.0 Å². The van der Waals surface area contributed by atoms with Gasteiger partial charge >= 0.3 is 0 Å². The first kappa shape index (κ1) is 14.2. The predicted molar refractivity (Wildman–Crippen MR) is 81.2 cm³/mol. The lowest BCUT2D eigenvalue weighted by Gasteiger charge is -2.41. The van der Waals surface area contributed by atoms with Crippen molar-refractivity contribution in [2.45, 2.75) is 26.0 Å². The third-order valence-corrected chi connectivity index (χ3v) is 4.07. The van der Waals surface area contributed by atoms with Gasteiger partial charge in [-0.3, -0.25) is 9.58 Å². The molecular formula is C14H22N6O. The fourth-order valence-corrected chi connectivity index (χ4v) is 3.00. The quantitative estimate of drug-likeness (QED) is 0.874. The molecule has 7 heteroatoms. The highest BCUT2D eigenvalue weighted by molar-refractivity contribution is 5.86. The summed E-state index contributed by atoms with van der Waals surface area (Å²) in [5, 5.41) is 14.8. The SMILES string of the molecule is C[C@@H](O)CN1CCN(c2ncnc3c2cnn3C)C[C@@H]1C. The van der Waals surface area contributed by atoms with Crippen molar-refractivity contribution in [2.24, 2.45) is 7.05 Å². The first-order chi connectivity index (χ1) is 10.1. The normalized spacial score (nSPS) is 21.9. The largest absolute Gasteiger partial charge is 0.392 e. The molecule has 0 aliphatic carbocycles.